The molecule has 1 heterocycles. The molecule has 4 nitrogen and oxygen atoms in total. The Balaban J connectivity index is 3.05. The average molecular weight is 246 g/mol. The van der Waals surface area contributed by atoms with Gasteiger partial charge in [0.15, 0.2) is 0 Å². The van der Waals surface area contributed by atoms with Gasteiger partial charge in [0.2, 0.25) is 0 Å². The molecule has 1 rings (SSSR count). The van der Waals surface area contributed by atoms with Crippen molar-refractivity contribution in [3.05, 3.63) is 16.9 Å². The van der Waals surface area contributed by atoms with Gasteiger partial charge in [0.1, 0.15) is 0 Å². The first kappa shape index (κ1) is 13.5. The van der Waals surface area contributed by atoms with Gasteiger partial charge in [-0.15, -0.1) is 0 Å². The summed E-state index contributed by atoms with van der Waals surface area (Å²) in [6.45, 7) is 6.14. The Morgan fingerprint density at radius 2 is 2.19 bits per heavy atom. The number of methoxy groups -OCH3 is 1. The molecule has 0 aromatic carbocycles. The Hall–Kier alpha value is -0.580. The van der Waals surface area contributed by atoms with Crippen molar-refractivity contribution in [3.8, 4) is 0 Å². The van der Waals surface area contributed by atoms with Crippen molar-refractivity contribution in [2.24, 2.45) is 5.73 Å². The zero-order valence-corrected chi connectivity index (χ0v) is 11.0. The minimum atomic E-state index is -0.243. The maximum atomic E-state index is 6.17. The standard InChI is InChI=1S/C11H20ClN3O/c1-5-9(16-4)10(13)11-8(12)6-14-15(11)7(2)3/h6-7,9-10H,5,13H2,1-4H3. The van der Waals surface area contributed by atoms with Gasteiger partial charge >= 0.3 is 0 Å². The lowest BCUT2D eigenvalue weighted by Crippen LogP contribution is -2.30. The van der Waals surface area contributed by atoms with E-state index in [-0.39, 0.29) is 18.2 Å². The SMILES string of the molecule is CCC(OC)C(N)c1c(Cl)cnn1C(C)C. The highest BCUT2D eigenvalue weighted by Crippen LogP contribution is 2.27. The number of rotatable bonds is 5. The Bertz CT molecular complexity index is 334. The summed E-state index contributed by atoms with van der Waals surface area (Å²) >= 11 is 6.12. The number of aromatic nitrogens is 2. The van der Waals surface area contributed by atoms with Crippen molar-refractivity contribution in [2.75, 3.05) is 7.11 Å². The first-order valence-electron chi connectivity index (χ1n) is 5.54. The lowest BCUT2D eigenvalue weighted by molar-refractivity contribution is 0.0743. The van der Waals surface area contributed by atoms with Crippen LogP contribution in [0, 0.1) is 0 Å². The zero-order chi connectivity index (χ0) is 12.3. The molecule has 0 bridgehead atoms. The van der Waals surface area contributed by atoms with Crippen LogP contribution in [-0.4, -0.2) is 23.0 Å². The largest absolute Gasteiger partial charge is 0.379 e. The van der Waals surface area contributed by atoms with Gasteiger partial charge in [-0.2, -0.15) is 5.10 Å². The maximum Gasteiger partial charge on any atom is 0.0835 e. The van der Waals surface area contributed by atoms with Crippen molar-refractivity contribution >= 4 is 11.6 Å². The van der Waals surface area contributed by atoms with Crippen LogP contribution >= 0.6 is 11.6 Å². The second-order valence-corrected chi connectivity index (χ2v) is 4.53. The predicted octanol–water partition coefficient (Wildman–Crippen LogP) is 2.54. The van der Waals surface area contributed by atoms with Gasteiger partial charge in [0.25, 0.3) is 0 Å². The Morgan fingerprint density at radius 1 is 1.56 bits per heavy atom. The molecule has 2 N–H and O–H groups in total. The normalized spacial score (nSPS) is 15.4. The van der Waals surface area contributed by atoms with E-state index in [4.69, 9.17) is 22.1 Å². The Labute approximate surface area is 102 Å². The van der Waals surface area contributed by atoms with Crippen LogP contribution in [0.2, 0.25) is 5.02 Å². The topological polar surface area (TPSA) is 53.1 Å². The van der Waals surface area contributed by atoms with Crippen LogP contribution in [0.4, 0.5) is 0 Å². The number of hydrogen-bond donors (Lipinski definition) is 1. The highest BCUT2D eigenvalue weighted by Gasteiger charge is 2.24. The van der Waals surface area contributed by atoms with Crippen molar-refractivity contribution in [1.29, 1.82) is 0 Å². The van der Waals surface area contributed by atoms with E-state index in [9.17, 15) is 0 Å². The molecule has 0 fully saturated rings. The molecule has 1 aromatic rings. The van der Waals surface area contributed by atoms with Crippen molar-refractivity contribution < 1.29 is 4.74 Å². The fourth-order valence-corrected chi connectivity index (χ4v) is 2.07. The molecule has 0 saturated heterocycles. The van der Waals surface area contributed by atoms with Crippen LogP contribution in [0.15, 0.2) is 6.20 Å². The molecule has 0 amide bonds. The minimum absolute atomic E-state index is 0.0355. The zero-order valence-electron chi connectivity index (χ0n) is 10.3. The quantitative estimate of drug-likeness (QED) is 0.868. The fourth-order valence-electron chi connectivity index (χ4n) is 1.82. The smallest absolute Gasteiger partial charge is 0.0835 e. The van der Waals surface area contributed by atoms with Gasteiger partial charge in [-0.1, -0.05) is 18.5 Å². The van der Waals surface area contributed by atoms with Crippen LogP contribution in [0.3, 0.4) is 0 Å². The molecule has 92 valence electrons. The summed E-state index contributed by atoms with van der Waals surface area (Å²) in [5, 5.41) is 4.84. The van der Waals surface area contributed by atoms with E-state index < -0.39 is 0 Å². The summed E-state index contributed by atoms with van der Waals surface area (Å²) in [4.78, 5) is 0. The average Bonchev–Trinajstić information content (AvgIpc) is 2.61. The van der Waals surface area contributed by atoms with Gasteiger partial charge in [-0.3, -0.25) is 4.68 Å². The van der Waals surface area contributed by atoms with Gasteiger partial charge in [-0.25, -0.2) is 0 Å². The van der Waals surface area contributed by atoms with E-state index in [1.807, 2.05) is 25.5 Å². The molecule has 0 aliphatic carbocycles. The van der Waals surface area contributed by atoms with E-state index >= 15 is 0 Å². The van der Waals surface area contributed by atoms with Crippen molar-refractivity contribution in [3.63, 3.8) is 0 Å². The third-order valence-electron chi connectivity index (χ3n) is 2.70. The number of ether oxygens (including phenoxy) is 1. The van der Waals surface area contributed by atoms with Crippen LogP contribution in [0.5, 0.6) is 0 Å². The van der Waals surface area contributed by atoms with E-state index in [2.05, 4.69) is 5.10 Å². The monoisotopic (exact) mass is 245 g/mol. The highest BCUT2D eigenvalue weighted by atomic mass is 35.5. The molecule has 0 aliphatic rings. The second-order valence-electron chi connectivity index (χ2n) is 4.12. The minimum Gasteiger partial charge on any atom is -0.379 e. The molecule has 1 aromatic heterocycles. The Kier molecular flexibility index (Phi) is 4.77. The van der Waals surface area contributed by atoms with Crippen molar-refractivity contribution in [2.45, 2.75) is 45.4 Å². The second kappa shape index (κ2) is 5.66. The molecular weight excluding hydrogens is 226 g/mol. The Morgan fingerprint density at radius 3 is 2.62 bits per heavy atom. The lowest BCUT2D eigenvalue weighted by Gasteiger charge is -2.23. The van der Waals surface area contributed by atoms with Crippen LogP contribution < -0.4 is 5.73 Å². The fraction of sp³-hybridized carbons (Fsp3) is 0.727. The highest BCUT2D eigenvalue weighted by molar-refractivity contribution is 6.31. The summed E-state index contributed by atoms with van der Waals surface area (Å²) in [5.74, 6) is 0. The lowest BCUT2D eigenvalue weighted by atomic mass is 10.1. The molecule has 0 radical (unpaired) electrons. The molecule has 5 heteroatoms. The van der Waals surface area contributed by atoms with Crippen LogP contribution in [0.25, 0.3) is 0 Å². The van der Waals surface area contributed by atoms with E-state index in [0.29, 0.717) is 5.02 Å². The summed E-state index contributed by atoms with van der Waals surface area (Å²) < 4.78 is 7.21. The molecular formula is C11H20ClN3O. The molecule has 0 aliphatic heterocycles. The summed E-state index contributed by atoms with van der Waals surface area (Å²) in [7, 11) is 1.66. The van der Waals surface area contributed by atoms with Gasteiger partial charge < -0.3 is 10.5 Å². The maximum absolute atomic E-state index is 6.17. The van der Waals surface area contributed by atoms with Crippen LogP contribution in [0.1, 0.15) is 45.0 Å². The van der Waals surface area contributed by atoms with Crippen molar-refractivity contribution in [1.82, 2.24) is 9.78 Å². The van der Waals surface area contributed by atoms with Gasteiger partial charge in [-0.05, 0) is 20.3 Å². The van der Waals surface area contributed by atoms with Crippen LogP contribution in [-0.2, 0) is 4.74 Å². The molecule has 0 spiro atoms. The first-order chi connectivity index (χ1) is 7.52. The molecule has 2 atom stereocenters. The summed E-state index contributed by atoms with van der Waals surface area (Å²) in [6, 6.07) is -0.00434. The van der Waals surface area contributed by atoms with E-state index in [1.54, 1.807) is 13.3 Å². The summed E-state index contributed by atoms with van der Waals surface area (Å²) in [6.07, 6.45) is 2.45. The molecule has 16 heavy (non-hydrogen) atoms. The first-order valence-corrected chi connectivity index (χ1v) is 5.91. The number of hydrogen-bond acceptors (Lipinski definition) is 3. The third-order valence-corrected chi connectivity index (χ3v) is 2.99. The number of halogens is 1. The number of nitrogens with zero attached hydrogens (tertiary/aromatic N) is 2. The third kappa shape index (κ3) is 2.56. The number of nitrogens with two attached hydrogens (primary N) is 1. The summed E-state index contributed by atoms with van der Waals surface area (Å²) in [5.41, 5.74) is 7.03. The van der Waals surface area contributed by atoms with E-state index in [0.717, 1.165) is 12.1 Å². The van der Waals surface area contributed by atoms with Gasteiger partial charge in [0.05, 0.1) is 29.1 Å². The van der Waals surface area contributed by atoms with Gasteiger partial charge in [0, 0.05) is 13.2 Å². The molecule has 2 unspecified atom stereocenters. The predicted molar refractivity (Wildman–Crippen MR) is 65.6 cm³/mol. The molecule has 0 saturated carbocycles. The van der Waals surface area contributed by atoms with E-state index in [1.165, 1.54) is 0 Å².